The quantitative estimate of drug-likeness (QED) is 0.903. The van der Waals surface area contributed by atoms with E-state index in [4.69, 9.17) is 9.84 Å². The lowest BCUT2D eigenvalue weighted by atomic mass is 10.1. The van der Waals surface area contributed by atoms with Crippen LogP contribution in [0.1, 0.15) is 17.3 Å². The maximum Gasteiger partial charge on any atom is 0.254 e. The molecule has 0 aromatic heterocycles. The van der Waals surface area contributed by atoms with Gasteiger partial charge in [-0.15, -0.1) is 0 Å². The predicted molar refractivity (Wildman–Crippen MR) is 71.5 cm³/mol. The monoisotopic (exact) mass is 313 g/mol. The second-order valence-corrected chi connectivity index (χ2v) is 5.39. The van der Waals surface area contributed by atoms with Crippen molar-refractivity contribution >= 4 is 21.8 Å². The van der Waals surface area contributed by atoms with E-state index in [-0.39, 0.29) is 24.7 Å². The highest BCUT2D eigenvalue weighted by molar-refractivity contribution is 9.10. The molecule has 4 nitrogen and oxygen atoms in total. The van der Waals surface area contributed by atoms with Gasteiger partial charge in [-0.05, 0) is 25.1 Å². The number of aliphatic hydroxyl groups excluding tert-OH is 1. The molecule has 1 aromatic carbocycles. The van der Waals surface area contributed by atoms with Crippen LogP contribution in [0.5, 0.6) is 0 Å². The first-order chi connectivity index (χ1) is 8.60. The molecular formula is C13H16BrNO3. The zero-order valence-corrected chi connectivity index (χ0v) is 11.8. The Morgan fingerprint density at radius 2 is 2.33 bits per heavy atom. The smallest absolute Gasteiger partial charge is 0.254 e. The third-order valence-electron chi connectivity index (χ3n) is 2.89. The number of ether oxygens (including phenoxy) is 1. The van der Waals surface area contributed by atoms with Gasteiger partial charge >= 0.3 is 0 Å². The lowest BCUT2D eigenvalue weighted by Crippen LogP contribution is -2.50. The summed E-state index contributed by atoms with van der Waals surface area (Å²) in [4.78, 5) is 14.1. The molecule has 1 fully saturated rings. The van der Waals surface area contributed by atoms with Gasteiger partial charge in [0.1, 0.15) is 0 Å². The molecule has 0 bridgehead atoms. The minimum atomic E-state index is -0.287. The van der Waals surface area contributed by atoms with Crippen molar-refractivity contribution in [1.82, 2.24) is 4.90 Å². The van der Waals surface area contributed by atoms with Crippen LogP contribution in [-0.4, -0.2) is 47.8 Å². The second-order valence-electron chi connectivity index (χ2n) is 4.47. The van der Waals surface area contributed by atoms with Crippen LogP contribution in [0.3, 0.4) is 0 Å². The van der Waals surface area contributed by atoms with Crippen LogP contribution in [0.4, 0.5) is 0 Å². The number of rotatable bonds is 2. The van der Waals surface area contributed by atoms with E-state index in [0.29, 0.717) is 18.7 Å². The standard InChI is InChI=1S/C13H16BrNO3/c1-9-6-15(7-12(8-16)18-9)13(17)10-3-2-4-11(14)5-10/h2-5,9,12,16H,6-8H2,1H3. The Bertz CT molecular complexity index is 438. The minimum absolute atomic E-state index is 0.0232. The predicted octanol–water partition coefficient (Wildman–Crippen LogP) is 1.67. The zero-order chi connectivity index (χ0) is 13.1. The summed E-state index contributed by atoms with van der Waals surface area (Å²) in [5.74, 6) is -0.0232. The van der Waals surface area contributed by atoms with Crippen LogP contribution in [0.2, 0.25) is 0 Å². The Kier molecular flexibility index (Phi) is 4.37. The van der Waals surface area contributed by atoms with Gasteiger partial charge in [0.25, 0.3) is 5.91 Å². The third-order valence-corrected chi connectivity index (χ3v) is 3.38. The van der Waals surface area contributed by atoms with Gasteiger partial charge in [-0.2, -0.15) is 0 Å². The van der Waals surface area contributed by atoms with Crippen LogP contribution >= 0.6 is 15.9 Å². The Morgan fingerprint density at radius 3 is 3.00 bits per heavy atom. The maximum absolute atomic E-state index is 12.3. The number of nitrogens with zero attached hydrogens (tertiary/aromatic N) is 1. The molecule has 2 atom stereocenters. The Morgan fingerprint density at radius 1 is 1.56 bits per heavy atom. The van der Waals surface area contributed by atoms with E-state index in [9.17, 15) is 4.79 Å². The summed E-state index contributed by atoms with van der Waals surface area (Å²) in [6.45, 7) is 2.84. The topological polar surface area (TPSA) is 49.8 Å². The fourth-order valence-corrected chi connectivity index (χ4v) is 2.52. The molecule has 5 heteroatoms. The average Bonchev–Trinajstić information content (AvgIpc) is 2.37. The molecule has 2 rings (SSSR count). The molecule has 0 spiro atoms. The van der Waals surface area contributed by atoms with E-state index in [0.717, 1.165) is 4.47 Å². The fourth-order valence-electron chi connectivity index (χ4n) is 2.12. The first-order valence-electron chi connectivity index (χ1n) is 5.91. The summed E-state index contributed by atoms with van der Waals surface area (Å²) in [5, 5.41) is 9.15. The maximum atomic E-state index is 12.3. The molecule has 1 heterocycles. The Balaban J connectivity index is 2.13. The summed E-state index contributed by atoms with van der Waals surface area (Å²) in [7, 11) is 0. The van der Waals surface area contributed by atoms with Gasteiger partial charge in [0.05, 0.1) is 18.8 Å². The number of aliphatic hydroxyl groups is 1. The number of morpholine rings is 1. The van der Waals surface area contributed by atoms with Gasteiger partial charge in [-0.3, -0.25) is 4.79 Å². The second kappa shape index (κ2) is 5.82. The molecule has 0 radical (unpaired) electrons. The molecule has 2 unspecified atom stereocenters. The molecule has 1 aliphatic rings. The highest BCUT2D eigenvalue weighted by atomic mass is 79.9. The highest BCUT2D eigenvalue weighted by Gasteiger charge is 2.28. The number of hydrogen-bond acceptors (Lipinski definition) is 3. The fraction of sp³-hybridized carbons (Fsp3) is 0.462. The summed E-state index contributed by atoms with van der Waals surface area (Å²) >= 11 is 3.36. The van der Waals surface area contributed by atoms with E-state index in [1.807, 2.05) is 19.1 Å². The van der Waals surface area contributed by atoms with Crippen molar-refractivity contribution in [1.29, 1.82) is 0 Å². The van der Waals surface area contributed by atoms with E-state index in [1.165, 1.54) is 0 Å². The number of hydrogen-bond donors (Lipinski definition) is 1. The summed E-state index contributed by atoms with van der Waals surface area (Å²) in [6.07, 6.45) is -0.336. The van der Waals surface area contributed by atoms with Crippen molar-refractivity contribution in [3.8, 4) is 0 Å². The first-order valence-corrected chi connectivity index (χ1v) is 6.70. The minimum Gasteiger partial charge on any atom is -0.394 e. The lowest BCUT2D eigenvalue weighted by molar-refractivity contribution is -0.0858. The molecule has 18 heavy (non-hydrogen) atoms. The number of carbonyl (C=O) groups is 1. The lowest BCUT2D eigenvalue weighted by Gasteiger charge is -2.36. The van der Waals surface area contributed by atoms with E-state index < -0.39 is 0 Å². The van der Waals surface area contributed by atoms with Crippen molar-refractivity contribution in [2.24, 2.45) is 0 Å². The van der Waals surface area contributed by atoms with Gasteiger partial charge in [-0.25, -0.2) is 0 Å². The van der Waals surface area contributed by atoms with Crippen molar-refractivity contribution in [3.63, 3.8) is 0 Å². The molecule has 0 saturated carbocycles. The normalized spacial score (nSPS) is 24.1. The molecule has 1 aliphatic heterocycles. The van der Waals surface area contributed by atoms with E-state index in [2.05, 4.69) is 15.9 Å². The number of benzene rings is 1. The van der Waals surface area contributed by atoms with Crippen molar-refractivity contribution in [3.05, 3.63) is 34.3 Å². The van der Waals surface area contributed by atoms with Crippen LogP contribution in [0.15, 0.2) is 28.7 Å². The van der Waals surface area contributed by atoms with Gasteiger partial charge in [-0.1, -0.05) is 22.0 Å². The molecule has 1 amide bonds. The SMILES string of the molecule is CC1CN(C(=O)c2cccc(Br)c2)CC(CO)O1. The number of carbonyl (C=O) groups excluding carboxylic acids is 1. The van der Waals surface area contributed by atoms with Gasteiger partial charge in [0.15, 0.2) is 0 Å². The van der Waals surface area contributed by atoms with Crippen LogP contribution in [0.25, 0.3) is 0 Å². The average molecular weight is 314 g/mol. The number of amides is 1. The largest absolute Gasteiger partial charge is 0.394 e. The molecule has 1 aromatic rings. The summed E-state index contributed by atoms with van der Waals surface area (Å²) in [5.41, 5.74) is 0.648. The van der Waals surface area contributed by atoms with E-state index in [1.54, 1.807) is 17.0 Å². The van der Waals surface area contributed by atoms with Crippen molar-refractivity contribution in [2.45, 2.75) is 19.1 Å². The van der Waals surface area contributed by atoms with Gasteiger partial charge < -0.3 is 14.7 Å². The Hall–Kier alpha value is -0.910. The molecule has 1 N–H and O–H groups in total. The van der Waals surface area contributed by atoms with Crippen LogP contribution in [0, 0.1) is 0 Å². The molecular weight excluding hydrogens is 298 g/mol. The van der Waals surface area contributed by atoms with E-state index >= 15 is 0 Å². The molecule has 98 valence electrons. The van der Waals surface area contributed by atoms with Gasteiger partial charge in [0, 0.05) is 23.1 Å². The summed E-state index contributed by atoms with van der Waals surface area (Å²) < 4.78 is 6.41. The first kappa shape index (κ1) is 13.5. The Labute approximate surface area is 115 Å². The number of halogens is 1. The van der Waals surface area contributed by atoms with Crippen LogP contribution in [-0.2, 0) is 4.74 Å². The highest BCUT2D eigenvalue weighted by Crippen LogP contribution is 2.17. The van der Waals surface area contributed by atoms with Gasteiger partial charge in [0.2, 0.25) is 0 Å². The third kappa shape index (κ3) is 3.10. The zero-order valence-electron chi connectivity index (χ0n) is 10.2. The van der Waals surface area contributed by atoms with Crippen LogP contribution < -0.4 is 0 Å². The molecule has 0 aliphatic carbocycles. The molecule has 1 saturated heterocycles. The summed E-state index contributed by atoms with van der Waals surface area (Å²) in [6, 6.07) is 7.32. The van der Waals surface area contributed by atoms with Crippen molar-refractivity contribution in [2.75, 3.05) is 19.7 Å². The van der Waals surface area contributed by atoms with Crippen molar-refractivity contribution < 1.29 is 14.6 Å².